The molecular weight excluding hydrogens is 334 g/mol. The zero-order valence-electron chi connectivity index (χ0n) is 15.0. The Labute approximate surface area is 151 Å². The summed E-state index contributed by atoms with van der Waals surface area (Å²) in [6.07, 6.45) is 1.30. The van der Waals surface area contributed by atoms with Gasteiger partial charge in [0, 0.05) is 39.0 Å². The number of anilines is 1. The number of likely N-dealkylation sites (tertiary alicyclic amines) is 1. The van der Waals surface area contributed by atoms with Crippen LogP contribution < -0.4 is 5.32 Å². The van der Waals surface area contributed by atoms with Crippen LogP contribution in [0.5, 0.6) is 0 Å². The van der Waals surface area contributed by atoms with Crippen molar-refractivity contribution in [1.82, 2.24) is 14.7 Å². The summed E-state index contributed by atoms with van der Waals surface area (Å²) in [6.45, 7) is 3.49. The molecule has 8 nitrogen and oxygen atoms in total. The van der Waals surface area contributed by atoms with Crippen LogP contribution >= 0.6 is 0 Å². The Balaban J connectivity index is 1.56. The highest BCUT2D eigenvalue weighted by Gasteiger charge is 2.30. The standard InChI is InChI=1S/C18H23N5O3/c1-13-17(23(25)26)18(21(2)20-13)19-11-15-10-16(24)22(12-15)9-8-14-6-4-3-5-7-14/h3-7,15,19H,8-12H2,1-2H3. The minimum atomic E-state index is -0.420. The molecule has 0 radical (unpaired) electrons. The molecule has 1 aliphatic heterocycles. The zero-order valence-corrected chi connectivity index (χ0v) is 15.0. The van der Waals surface area contributed by atoms with Crippen LogP contribution in [0.15, 0.2) is 30.3 Å². The molecule has 26 heavy (non-hydrogen) atoms. The number of nitrogens with one attached hydrogen (secondary N) is 1. The van der Waals surface area contributed by atoms with Crippen molar-refractivity contribution in [1.29, 1.82) is 0 Å². The van der Waals surface area contributed by atoms with Crippen LogP contribution in [0.4, 0.5) is 11.5 Å². The van der Waals surface area contributed by atoms with Gasteiger partial charge in [-0.05, 0) is 18.9 Å². The summed E-state index contributed by atoms with van der Waals surface area (Å²) in [5.41, 5.74) is 1.59. The van der Waals surface area contributed by atoms with Crippen molar-refractivity contribution in [2.24, 2.45) is 13.0 Å². The first kappa shape index (κ1) is 17.9. The van der Waals surface area contributed by atoms with E-state index >= 15 is 0 Å². The molecule has 1 atom stereocenters. The molecule has 1 fully saturated rings. The quantitative estimate of drug-likeness (QED) is 0.605. The van der Waals surface area contributed by atoms with Gasteiger partial charge in [0.05, 0.1) is 4.92 Å². The monoisotopic (exact) mass is 357 g/mol. The first-order valence-electron chi connectivity index (χ1n) is 8.69. The van der Waals surface area contributed by atoms with Crippen LogP contribution in [0, 0.1) is 23.0 Å². The molecule has 2 aromatic rings. The van der Waals surface area contributed by atoms with Gasteiger partial charge in [-0.25, -0.2) is 4.68 Å². The Morgan fingerprint density at radius 3 is 2.77 bits per heavy atom. The number of carbonyl (C=O) groups is 1. The zero-order chi connectivity index (χ0) is 18.7. The lowest BCUT2D eigenvalue weighted by molar-refractivity contribution is -0.384. The summed E-state index contributed by atoms with van der Waals surface area (Å²) in [7, 11) is 1.67. The van der Waals surface area contributed by atoms with Crippen molar-refractivity contribution in [3.63, 3.8) is 0 Å². The first-order valence-corrected chi connectivity index (χ1v) is 8.69. The van der Waals surface area contributed by atoms with Gasteiger partial charge >= 0.3 is 5.69 Å². The molecular formula is C18H23N5O3. The number of amides is 1. The number of rotatable bonds is 7. The van der Waals surface area contributed by atoms with Gasteiger partial charge in [0.25, 0.3) is 0 Å². The van der Waals surface area contributed by atoms with Gasteiger partial charge in [-0.3, -0.25) is 14.9 Å². The van der Waals surface area contributed by atoms with Crippen LogP contribution in [0.1, 0.15) is 17.7 Å². The molecule has 0 spiro atoms. The molecule has 1 aliphatic rings. The van der Waals surface area contributed by atoms with Gasteiger partial charge in [0.2, 0.25) is 11.7 Å². The van der Waals surface area contributed by atoms with Crippen LogP contribution in [0.25, 0.3) is 0 Å². The summed E-state index contributed by atoms with van der Waals surface area (Å²) in [4.78, 5) is 24.9. The van der Waals surface area contributed by atoms with Crippen LogP contribution in [-0.4, -0.2) is 45.1 Å². The SMILES string of the molecule is Cc1nn(C)c(NCC2CC(=O)N(CCc3ccccc3)C2)c1[N+](=O)[O-]. The minimum absolute atomic E-state index is 0.00208. The number of aromatic nitrogens is 2. The second kappa shape index (κ2) is 7.55. The number of aryl methyl sites for hydroxylation is 2. The molecule has 1 N–H and O–H groups in total. The van der Waals surface area contributed by atoms with Crippen molar-refractivity contribution in [2.75, 3.05) is 25.0 Å². The molecule has 1 saturated heterocycles. The van der Waals surface area contributed by atoms with Crippen molar-refractivity contribution in [2.45, 2.75) is 19.8 Å². The van der Waals surface area contributed by atoms with Gasteiger partial charge in [-0.2, -0.15) is 5.10 Å². The molecule has 138 valence electrons. The molecule has 3 rings (SSSR count). The number of carbonyl (C=O) groups excluding carboxylic acids is 1. The lowest BCUT2D eigenvalue weighted by Crippen LogP contribution is -2.28. The van der Waals surface area contributed by atoms with E-state index in [1.54, 1.807) is 14.0 Å². The highest BCUT2D eigenvalue weighted by molar-refractivity contribution is 5.78. The van der Waals surface area contributed by atoms with Gasteiger partial charge < -0.3 is 10.2 Å². The van der Waals surface area contributed by atoms with E-state index in [2.05, 4.69) is 22.5 Å². The summed E-state index contributed by atoms with van der Waals surface area (Å²) in [5, 5.41) is 18.5. The summed E-state index contributed by atoms with van der Waals surface area (Å²) in [5.74, 6) is 0.666. The molecule has 8 heteroatoms. The highest BCUT2D eigenvalue weighted by atomic mass is 16.6. The smallest absolute Gasteiger partial charge is 0.333 e. The predicted molar refractivity (Wildman–Crippen MR) is 97.9 cm³/mol. The van der Waals surface area contributed by atoms with E-state index in [0.717, 1.165) is 6.42 Å². The molecule has 0 aliphatic carbocycles. The normalized spacial score (nSPS) is 16.9. The number of hydrogen-bond donors (Lipinski definition) is 1. The molecule has 0 bridgehead atoms. The Bertz CT molecular complexity index is 803. The Kier molecular flexibility index (Phi) is 5.20. The highest BCUT2D eigenvalue weighted by Crippen LogP contribution is 2.28. The number of nitrogens with zero attached hydrogens (tertiary/aromatic N) is 4. The first-order chi connectivity index (χ1) is 12.5. The fourth-order valence-electron chi connectivity index (χ4n) is 3.42. The predicted octanol–water partition coefficient (Wildman–Crippen LogP) is 2.14. The van der Waals surface area contributed by atoms with E-state index in [1.165, 1.54) is 10.2 Å². The topological polar surface area (TPSA) is 93.3 Å². The van der Waals surface area contributed by atoms with Gasteiger partial charge in [0.15, 0.2) is 0 Å². The van der Waals surface area contributed by atoms with E-state index in [1.807, 2.05) is 23.1 Å². The van der Waals surface area contributed by atoms with Crippen LogP contribution in [0.3, 0.4) is 0 Å². The number of hydrogen-bond acceptors (Lipinski definition) is 5. The van der Waals surface area contributed by atoms with E-state index in [9.17, 15) is 14.9 Å². The molecule has 1 aromatic heterocycles. The van der Waals surface area contributed by atoms with E-state index in [-0.39, 0.29) is 17.5 Å². The van der Waals surface area contributed by atoms with Gasteiger partial charge in [0.1, 0.15) is 5.69 Å². The fraction of sp³-hybridized carbons (Fsp3) is 0.444. The molecule has 0 saturated carbocycles. The third kappa shape index (κ3) is 3.84. The van der Waals surface area contributed by atoms with Crippen LogP contribution in [-0.2, 0) is 18.3 Å². The average Bonchev–Trinajstić information content (AvgIpc) is 3.10. The summed E-state index contributed by atoms with van der Waals surface area (Å²) >= 11 is 0. The molecule has 2 heterocycles. The Morgan fingerprint density at radius 1 is 1.35 bits per heavy atom. The maximum absolute atomic E-state index is 12.2. The number of nitro groups is 1. The maximum Gasteiger partial charge on any atom is 0.333 e. The Morgan fingerprint density at radius 2 is 2.08 bits per heavy atom. The van der Waals surface area contributed by atoms with Crippen molar-refractivity contribution >= 4 is 17.4 Å². The lowest BCUT2D eigenvalue weighted by Gasteiger charge is -2.17. The average molecular weight is 357 g/mol. The second-order valence-electron chi connectivity index (χ2n) is 6.69. The van der Waals surface area contributed by atoms with E-state index in [0.29, 0.717) is 37.6 Å². The minimum Gasteiger partial charge on any atom is -0.364 e. The number of benzene rings is 1. The van der Waals surface area contributed by atoms with Gasteiger partial charge in [-0.1, -0.05) is 30.3 Å². The van der Waals surface area contributed by atoms with E-state index in [4.69, 9.17) is 0 Å². The maximum atomic E-state index is 12.2. The summed E-state index contributed by atoms with van der Waals surface area (Å²) in [6, 6.07) is 10.1. The third-order valence-corrected chi connectivity index (χ3v) is 4.74. The van der Waals surface area contributed by atoms with E-state index < -0.39 is 4.92 Å². The summed E-state index contributed by atoms with van der Waals surface area (Å²) < 4.78 is 1.48. The van der Waals surface area contributed by atoms with Crippen molar-refractivity contribution in [3.05, 3.63) is 51.7 Å². The van der Waals surface area contributed by atoms with Crippen molar-refractivity contribution in [3.8, 4) is 0 Å². The second-order valence-corrected chi connectivity index (χ2v) is 6.69. The van der Waals surface area contributed by atoms with Gasteiger partial charge in [-0.15, -0.1) is 0 Å². The van der Waals surface area contributed by atoms with Crippen LogP contribution in [0.2, 0.25) is 0 Å². The fourth-order valence-corrected chi connectivity index (χ4v) is 3.42. The van der Waals surface area contributed by atoms with Crippen molar-refractivity contribution < 1.29 is 9.72 Å². The molecule has 1 unspecified atom stereocenters. The lowest BCUT2D eigenvalue weighted by atomic mass is 10.1. The third-order valence-electron chi connectivity index (χ3n) is 4.74. The Hall–Kier alpha value is -2.90. The molecule has 1 amide bonds. The largest absolute Gasteiger partial charge is 0.364 e. The molecule has 1 aromatic carbocycles.